The van der Waals surface area contributed by atoms with Crippen LogP contribution in [0.25, 0.3) is 16.9 Å². The zero-order chi connectivity index (χ0) is 26.6. The third-order valence-corrected chi connectivity index (χ3v) is 7.37. The quantitative estimate of drug-likeness (QED) is 0.361. The zero-order valence-corrected chi connectivity index (χ0v) is 22.3. The highest BCUT2D eigenvalue weighted by molar-refractivity contribution is 5.91. The van der Waals surface area contributed by atoms with Gasteiger partial charge in [0.05, 0.1) is 24.0 Å². The van der Waals surface area contributed by atoms with Crippen LogP contribution in [0.15, 0.2) is 73.1 Å². The van der Waals surface area contributed by atoms with Crippen LogP contribution in [0.1, 0.15) is 30.0 Å². The van der Waals surface area contributed by atoms with Gasteiger partial charge in [0.2, 0.25) is 0 Å². The van der Waals surface area contributed by atoms with Crippen LogP contribution in [0.4, 0.5) is 10.6 Å². The lowest BCUT2D eigenvalue weighted by atomic mass is 10.00. The molecule has 9 heteroatoms. The van der Waals surface area contributed by atoms with E-state index in [2.05, 4.69) is 39.8 Å². The molecule has 9 nitrogen and oxygen atoms in total. The Morgan fingerprint density at radius 3 is 2.45 bits per heavy atom. The number of methoxy groups -OCH3 is 1. The van der Waals surface area contributed by atoms with Gasteiger partial charge in [0.1, 0.15) is 11.5 Å². The Bertz CT molecular complexity index is 1370. The van der Waals surface area contributed by atoms with Crippen molar-refractivity contribution in [1.29, 1.82) is 0 Å². The molecule has 0 aliphatic carbocycles. The summed E-state index contributed by atoms with van der Waals surface area (Å²) in [6, 6.07) is 20.2. The number of likely N-dealkylation sites (tertiary alicyclic amines) is 1. The van der Waals surface area contributed by atoms with E-state index in [0.29, 0.717) is 18.5 Å². The Kier molecular flexibility index (Phi) is 7.57. The van der Waals surface area contributed by atoms with Crippen LogP contribution in [-0.2, 0) is 11.8 Å². The first-order chi connectivity index (χ1) is 18.5. The number of carbonyl (C=O) groups excluding carboxylic acids is 1. The number of aryl methyl sites for hydroxylation is 1. The molecule has 2 aromatic heterocycles. The van der Waals surface area contributed by atoms with Gasteiger partial charge in [0.15, 0.2) is 0 Å². The first-order valence-corrected chi connectivity index (χ1v) is 12.9. The van der Waals surface area contributed by atoms with Gasteiger partial charge in [-0.2, -0.15) is 10.2 Å². The number of rotatable bonds is 8. The molecule has 1 saturated heterocycles. The predicted octanol–water partition coefficient (Wildman–Crippen LogP) is 4.55. The van der Waals surface area contributed by atoms with Crippen LogP contribution in [0.5, 0.6) is 0 Å². The highest BCUT2D eigenvalue weighted by Crippen LogP contribution is 2.37. The summed E-state index contributed by atoms with van der Waals surface area (Å²) in [5, 5.41) is 15.6. The zero-order valence-electron chi connectivity index (χ0n) is 22.3. The molecule has 4 aromatic rings. The summed E-state index contributed by atoms with van der Waals surface area (Å²) < 4.78 is 8.89. The Morgan fingerprint density at radius 1 is 1.08 bits per heavy atom. The van der Waals surface area contributed by atoms with Crippen molar-refractivity contribution in [3.63, 3.8) is 0 Å². The first kappa shape index (κ1) is 25.7. The number of carbonyl (C=O) groups is 1. The minimum absolute atomic E-state index is 0.0598. The fraction of sp³-hybridized carbons (Fsp3) is 0.345. The summed E-state index contributed by atoms with van der Waals surface area (Å²) >= 11 is 0. The predicted molar refractivity (Wildman–Crippen MR) is 148 cm³/mol. The third kappa shape index (κ3) is 5.20. The molecule has 198 valence electrons. The monoisotopic (exact) mass is 513 g/mol. The van der Waals surface area contributed by atoms with E-state index in [0.717, 1.165) is 35.3 Å². The van der Waals surface area contributed by atoms with Crippen molar-refractivity contribution < 1.29 is 9.53 Å². The smallest absolute Gasteiger partial charge is 0.320 e. The van der Waals surface area contributed by atoms with Crippen LogP contribution in [-0.4, -0.2) is 63.3 Å². The molecule has 3 heterocycles. The highest BCUT2D eigenvalue weighted by Gasteiger charge is 2.40. The maximum atomic E-state index is 13.5. The number of para-hydroxylation sites is 1. The summed E-state index contributed by atoms with van der Waals surface area (Å²) in [5.41, 5.74) is 4.59. The molecule has 1 aliphatic heterocycles. The van der Waals surface area contributed by atoms with E-state index < -0.39 is 0 Å². The molecule has 0 saturated carbocycles. The molecule has 2 N–H and O–H groups in total. The SMILES string of the molecule is COCC[C@H]1C[C@@H](NC(=O)Nc2c(C)c(-c3cnn(C)c3)nn2-c2ccccc2)[C@H](c2ccccc2)N1C. The fourth-order valence-corrected chi connectivity index (χ4v) is 5.46. The topological polar surface area (TPSA) is 89.2 Å². The first-order valence-electron chi connectivity index (χ1n) is 12.9. The molecule has 0 radical (unpaired) electrons. The van der Waals surface area contributed by atoms with Crippen molar-refractivity contribution in [3.8, 4) is 16.9 Å². The van der Waals surface area contributed by atoms with Crippen LogP contribution in [0.3, 0.4) is 0 Å². The van der Waals surface area contributed by atoms with Gasteiger partial charge in [0.25, 0.3) is 0 Å². The second kappa shape index (κ2) is 11.2. The molecule has 1 aliphatic rings. The Balaban J connectivity index is 1.43. The highest BCUT2D eigenvalue weighted by atomic mass is 16.5. The molecular weight excluding hydrogens is 478 g/mol. The van der Waals surface area contributed by atoms with E-state index in [1.54, 1.807) is 22.7 Å². The number of nitrogens with zero attached hydrogens (tertiary/aromatic N) is 5. The molecule has 0 unspecified atom stereocenters. The lowest BCUT2D eigenvalue weighted by Gasteiger charge is -2.28. The number of anilines is 1. The van der Waals surface area contributed by atoms with Gasteiger partial charge in [0, 0.05) is 44.1 Å². The van der Waals surface area contributed by atoms with Crippen molar-refractivity contribution in [2.45, 2.75) is 37.9 Å². The van der Waals surface area contributed by atoms with Gasteiger partial charge in [-0.05, 0) is 44.5 Å². The fourth-order valence-electron chi connectivity index (χ4n) is 5.46. The minimum atomic E-state index is -0.255. The van der Waals surface area contributed by atoms with E-state index in [1.807, 2.05) is 68.7 Å². The van der Waals surface area contributed by atoms with E-state index in [4.69, 9.17) is 9.84 Å². The number of likely N-dealkylation sites (N-methyl/N-ethyl adjacent to an activating group) is 1. The second-order valence-corrected chi connectivity index (χ2v) is 9.87. The van der Waals surface area contributed by atoms with E-state index in [9.17, 15) is 4.79 Å². The summed E-state index contributed by atoms with van der Waals surface area (Å²) in [5.74, 6) is 0.631. The number of urea groups is 1. The van der Waals surface area contributed by atoms with E-state index in [-0.39, 0.29) is 18.1 Å². The van der Waals surface area contributed by atoms with Crippen LogP contribution >= 0.6 is 0 Å². The van der Waals surface area contributed by atoms with Gasteiger partial charge in [-0.3, -0.25) is 14.9 Å². The van der Waals surface area contributed by atoms with Crippen molar-refractivity contribution in [1.82, 2.24) is 29.8 Å². The molecular formula is C29H35N7O2. The Morgan fingerprint density at radius 2 is 1.79 bits per heavy atom. The van der Waals surface area contributed by atoms with Crippen molar-refractivity contribution in [2.75, 3.05) is 26.1 Å². The maximum Gasteiger partial charge on any atom is 0.320 e. The number of hydrogen-bond donors (Lipinski definition) is 2. The molecule has 38 heavy (non-hydrogen) atoms. The van der Waals surface area contributed by atoms with Crippen LogP contribution in [0.2, 0.25) is 0 Å². The molecule has 1 fully saturated rings. The molecule has 3 atom stereocenters. The average molecular weight is 514 g/mol. The largest absolute Gasteiger partial charge is 0.385 e. The molecule has 0 spiro atoms. The van der Waals surface area contributed by atoms with Crippen LogP contribution in [0, 0.1) is 6.92 Å². The van der Waals surface area contributed by atoms with Crippen LogP contribution < -0.4 is 10.6 Å². The normalized spacial score (nSPS) is 19.5. The van der Waals surface area contributed by atoms with E-state index in [1.165, 1.54) is 5.56 Å². The second-order valence-electron chi connectivity index (χ2n) is 9.87. The standard InChI is InChI=1S/C29H35N7O2/c1-20-26(22-18-30-34(2)19-22)33-36(23-13-9-6-10-14-23)28(20)32-29(37)31-25-17-24(15-16-38-4)35(3)27(25)21-11-7-5-8-12-21/h5-14,18-19,24-25,27H,15-17H2,1-4H3,(H2,31,32,37)/t24-,25+,27-/m0/s1. The number of ether oxygens (including phenoxy) is 1. The lowest BCUT2D eigenvalue weighted by Crippen LogP contribution is -2.41. The Labute approximate surface area is 223 Å². The summed E-state index contributed by atoms with van der Waals surface area (Å²) in [4.78, 5) is 15.9. The number of hydrogen-bond acceptors (Lipinski definition) is 5. The number of aromatic nitrogens is 4. The number of benzene rings is 2. The number of amides is 2. The van der Waals surface area contributed by atoms with Crippen molar-refractivity contribution >= 4 is 11.8 Å². The van der Waals surface area contributed by atoms with Gasteiger partial charge in [-0.1, -0.05) is 48.5 Å². The van der Waals surface area contributed by atoms with Gasteiger partial charge < -0.3 is 10.1 Å². The average Bonchev–Trinajstić information content (AvgIpc) is 3.59. The van der Waals surface area contributed by atoms with Gasteiger partial charge in [-0.15, -0.1) is 0 Å². The van der Waals surface area contributed by atoms with Crippen molar-refractivity contribution in [3.05, 3.63) is 84.2 Å². The summed E-state index contributed by atoms with van der Waals surface area (Å²) in [7, 11) is 5.73. The molecule has 2 aromatic carbocycles. The van der Waals surface area contributed by atoms with Crippen molar-refractivity contribution in [2.24, 2.45) is 7.05 Å². The van der Waals surface area contributed by atoms with Gasteiger partial charge >= 0.3 is 6.03 Å². The number of nitrogens with one attached hydrogen (secondary N) is 2. The molecule has 2 amide bonds. The maximum absolute atomic E-state index is 13.5. The lowest BCUT2D eigenvalue weighted by molar-refractivity contribution is 0.150. The molecule has 5 rings (SSSR count). The van der Waals surface area contributed by atoms with Gasteiger partial charge in [-0.25, -0.2) is 9.48 Å². The Hall–Kier alpha value is -3.95. The minimum Gasteiger partial charge on any atom is -0.385 e. The molecule has 0 bridgehead atoms. The summed E-state index contributed by atoms with van der Waals surface area (Å²) in [6.45, 7) is 2.66. The van der Waals surface area contributed by atoms with E-state index >= 15 is 0 Å². The third-order valence-electron chi connectivity index (χ3n) is 7.37. The summed E-state index contributed by atoms with van der Waals surface area (Å²) in [6.07, 6.45) is 5.45.